The summed E-state index contributed by atoms with van der Waals surface area (Å²) in [4.78, 5) is 13.7. The molecule has 6 N–H and O–H groups in total. The van der Waals surface area contributed by atoms with Gasteiger partial charge in [0.05, 0.1) is 23.6 Å². The lowest BCUT2D eigenvalue weighted by molar-refractivity contribution is 0.0825. The van der Waals surface area contributed by atoms with Gasteiger partial charge in [-0.15, -0.1) is 23.2 Å². The summed E-state index contributed by atoms with van der Waals surface area (Å²) in [6.45, 7) is 10.0. The molecule has 1 fully saturated rings. The summed E-state index contributed by atoms with van der Waals surface area (Å²) < 4.78 is 23.1. The molecule has 2 aromatic rings. The Morgan fingerprint density at radius 2 is 1.86 bits per heavy atom. The van der Waals surface area contributed by atoms with E-state index in [1.165, 1.54) is 6.42 Å². The first-order chi connectivity index (χ1) is 19.5. The smallest absolute Gasteiger partial charge is 0.251 e. The maximum Gasteiger partial charge on any atom is 0.251 e. The van der Waals surface area contributed by atoms with Crippen LogP contribution in [0.2, 0.25) is 5.02 Å². The fourth-order valence-electron chi connectivity index (χ4n) is 5.15. The molecule has 42 heavy (non-hydrogen) atoms. The average molecular weight is 646 g/mol. The Balaban J connectivity index is 0.00000616. The second-order valence-electron chi connectivity index (χ2n) is 11.6. The van der Waals surface area contributed by atoms with Crippen molar-refractivity contribution in [1.82, 2.24) is 10.6 Å². The Bertz CT molecular complexity index is 1120. The highest BCUT2D eigenvalue weighted by Crippen LogP contribution is 2.50. The lowest BCUT2D eigenvalue weighted by atomic mass is 9.99. The number of aliphatic hydroxyl groups is 1. The van der Waals surface area contributed by atoms with Crippen LogP contribution in [0.3, 0.4) is 0 Å². The number of nitrogens with one attached hydrogen (secondary N) is 3. The van der Waals surface area contributed by atoms with Gasteiger partial charge >= 0.3 is 0 Å². The molecule has 0 bridgehead atoms. The number of benzene rings is 2. The molecular weight excluding hydrogens is 595 g/mol. The largest absolute Gasteiger partial charge is 0.390 e. The van der Waals surface area contributed by atoms with E-state index in [-0.39, 0.29) is 24.4 Å². The SMILES string of the molecule is CCNc1cc(C(=O)N[C@@H](Cc2cccc(Cl)c2)[C@H](O)CNC(C)CCCC(C)C)cc(N2CCCCS2(O)O)c1.Cl. The van der Waals surface area contributed by atoms with Crippen LogP contribution in [-0.4, -0.2) is 63.7 Å². The molecule has 2 aromatic carbocycles. The molecule has 0 radical (unpaired) electrons. The molecule has 0 aromatic heterocycles. The molecular formula is C31H50Cl2N4O4S. The predicted octanol–water partition coefficient (Wildman–Crippen LogP) is 6.97. The van der Waals surface area contributed by atoms with Gasteiger partial charge in [0.2, 0.25) is 0 Å². The van der Waals surface area contributed by atoms with Crippen molar-refractivity contribution < 1.29 is 19.0 Å². The first kappa shape index (κ1) is 36.5. The zero-order valence-electron chi connectivity index (χ0n) is 25.3. The number of anilines is 2. The molecule has 1 saturated heterocycles. The lowest BCUT2D eigenvalue weighted by Crippen LogP contribution is -2.49. The first-order valence-electron chi connectivity index (χ1n) is 14.9. The number of carbonyl (C=O) groups excluding carboxylic acids is 1. The fraction of sp³-hybridized carbons (Fsp3) is 0.581. The average Bonchev–Trinajstić information content (AvgIpc) is 2.91. The number of hydrogen-bond acceptors (Lipinski definition) is 7. The Hall–Kier alpha value is -1.72. The third-order valence-electron chi connectivity index (χ3n) is 7.45. The second kappa shape index (κ2) is 17.5. The minimum absolute atomic E-state index is 0. The summed E-state index contributed by atoms with van der Waals surface area (Å²) >= 11 is 6.23. The number of rotatable bonds is 15. The quantitative estimate of drug-likeness (QED) is 0.124. The van der Waals surface area contributed by atoms with Crippen LogP contribution in [0, 0.1) is 5.92 Å². The van der Waals surface area contributed by atoms with Crippen LogP contribution < -0.4 is 20.3 Å². The van der Waals surface area contributed by atoms with E-state index in [2.05, 4.69) is 36.7 Å². The van der Waals surface area contributed by atoms with Gasteiger partial charge in [-0.05, 0) is 81.3 Å². The molecule has 0 saturated carbocycles. The van der Waals surface area contributed by atoms with E-state index in [0.29, 0.717) is 54.0 Å². The zero-order chi connectivity index (χ0) is 30.0. The van der Waals surface area contributed by atoms with Gasteiger partial charge in [0.25, 0.3) is 5.91 Å². The second-order valence-corrected chi connectivity index (χ2v) is 14.1. The Kier molecular flexibility index (Phi) is 15.2. The van der Waals surface area contributed by atoms with E-state index in [4.69, 9.17) is 11.6 Å². The van der Waals surface area contributed by atoms with Gasteiger partial charge in [-0.2, -0.15) is 0 Å². The monoisotopic (exact) mass is 644 g/mol. The maximum absolute atomic E-state index is 13.7. The van der Waals surface area contributed by atoms with Crippen molar-refractivity contribution in [3.8, 4) is 0 Å². The van der Waals surface area contributed by atoms with Crippen molar-refractivity contribution in [2.45, 2.75) is 84.4 Å². The van der Waals surface area contributed by atoms with E-state index in [1.54, 1.807) is 22.5 Å². The van der Waals surface area contributed by atoms with Crippen molar-refractivity contribution >= 4 is 52.1 Å². The number of carbonyl (C=O) groups is 1. The summed E-state index contributed by atoms with van der Waals surface area (Å²) in [5.41, 5.74) is 2.62. The van der Waals surface area contributed by atoms with E-state index in [0.717, 1.165) is 36.9 Å². The zero-order valence-corrected chi connectivity index (χ0v) is 27.7. The molecule has 3 atom stereocenters. The summed E-state index contributed by atoms with van der Waals surface area (Å²) in [7, 11) is -2.95. The predicted molar refractivity (Wildman–Crippen MR) is 181 cm³/mol. The van der Waals surface area contributed by atoms with Crippen LogP contribution in [0.5, 0.6) is 0 Å². The molecule has 1 aliphatic rings. The summed E-state index contributed by atoms with van der Waals surface area (Å²) in [6, 6.07) is 12.4. The van der Waals surface area contributed by atoms with E-state index in [1.807, 2.05) is 31.2 Å². The third-order valence-corrected chi connectivity index (χ3v) is 9.62. The van der Waals surface area contributed by atoms with Gasteiger partial charge in [0, 0.05) is 41.9 Å². The summed E-state index contributed by atoms with van der Waals surface area (Å²) in [5, 5.41) is 21.6. The van der Waals surface area contributed by atoms with Crippen LogP contribution >= 0.6 is 34.8 Å². The molecule has 1 heterocycles. The van der Waals surface area contributed by atoms with E-state index in [9.17, 15) is 19.0 Å². The molecule has 1 unspecified atom stereocenters. The minimum Gasteiger partial charge on any atom is -0.390 e. The Morgan fingerprint density at radius 1 is 1.10 bits per heavy atom. The minimum atomic E-state index is -2.95. The molecule has 238 valence electrons. The summed E-state index contributed by atoms with van der Waals surface area (Å²) in [6.07, 6.45) is 4.48. The molecule has 1 amide bonds. The van der Waals surface area contributed by atoms with Crippen molar-refractivity contribution in [3.05, 3.63) is 58.6 Å². The van der Waals surface area contributed by atoms with Gasteiger partial charge in [-0.3, -0.25) is 18.2 Å². The van der Waals surface area contributed by atoms with Gasteiger partial charge in [-0.1, -0.05) is 50.4 Å². The number of nitrogens with zero attached hydrogens (tertiary/aromatic N) is 1. The van der Waals surface area contributed by atoms with Crippen molar-refractivity contribution in [2.24, 2.45) is 5.92 Å². The molecule has 1 aliphatic heterocycles. The normalized spacial score (nSPS) is 17.6. The van der Waals surface area contributed by atoms with E-state index < -0.39 is 22.9 Å². The molecule has 3 rings (SSSR count). The number of amides is 1. The molecule has 11 heteroatoms. The lowest BCUT2D eigenvalue weighted by Gasteiger charge is -2.47. The van der Waals surface area contributed by atoms with E-state index >= 15 is 0 Å². The summed E-state index contributed by atoms with van der Waals surface area (Å²) in [5.74, 6) is 0.645. The number of hydrogen-bond donors (Lipinski definition) is 6. The highest BCUT2D eigenvalue weighted by molar-refractivity contribution is 8.25. The Morgan fingerprint density at radius 3 is 2.52 bits per heavy atom. The van der Waals surface area contributed by atoms with Gasteiger partial charge in [0.1, 0.15) is 0 Å². The standard InChI is InChI=1S/C31H49ClN4O4S.ClH/c1-5-33-27-18-25(19-28(20-27)36-14-6-7-15-41(36,39)40)31(38)35-29(17-24-12-9-13-26(32)16-24)30(37)21-34-23(4)11-8-10-22(2)3;/h9,12-13,16,18-20,22-23,29-30,33-34,37,39-40H,5-8,10-11,14-15,17,21H2,1-4H3,(H,35,38);1H/t23?,29-,30+;/m0./s1. The van der Waals surface area contributed by atoms with Crippen LogP contribution in [0.15, 0.2) is 42.5 Å². The van der Waals surface area contributed by atoms with Crippen molar-refractivity contribution in [3.63, 3.8) is 0 Å². The third kappa shape index (κ3) is 11.4. The number of halogens is 2. The number of aliphatic hydroxyl groups excluding tert-OH is 1. The maximum atomic E-state index is 13.7. The fourth-order valence-corrected chi connectivity index (χ4v) is 7.04. The highest BCUT2D eigenvalue weighted by atomic mass is 35.5. The molecule has 0 spiro atoms. The molecule has 8 nitrogen and oxygen atoms in total. The van der Waals surface area contributed by atoms with Crippen molar-refractivity contribution in [2.75, 3.05) is 35.0 Å². The van der Waals surface area contributed by atoms with Gasteiger partial charge in [-0.25, -0.2) is 0 Å². The topological polar surface area (TPSA) is 117 Å². The van der Waals surface area contributed by atoms with Crippen LogP contribution in [0.1, 0.15) is 75.7 Å². The van der Waals surface area contributed by atoms with Gasteiger partial charge < -0.3 is 21.1 Å². The molecule has 0 aliphatic carbocycles. The van der Waals surface area contributed by atoms with Gasteiger partial charge in [0.15, 0.2) is 0 Å². The highest BCUT2D eigenvalue weighted by Gasteiger charge is 2.29. The van der Waals surface area contributed by atoms with Crippen LogP contribution in [0.25, 0.3) is 0 Å². The van der Waals surface area contributed by atoms with Crippen molar-refractivity contribution in [1.29, 1.82) is 0 Å². The van der Waals surface area contributed by atoms with Crippen LogP contribution in [0.4, 0.5) is 11.4 Å². The first-order valence-corrected chi connectivity index (χ1v) is 16.9. The van der Waals surface area contributed by atoms with Crippen LogP contribution in [-0.2, 0) is 6.42 Å². The Labute approximate surface area is 264 Å².